The third kappa shape index (κ3) is 2.39. The van der Waals surface area contributed by atoms with Crippen molar-refractivity contribution in [3.8, 4) is 0 Å². The second-order valence-electron chi connectivity index (χ2n) is 5.77. The number of aliphatic hydroxyl groups excluding tert-OH is 1. The molecular weight excluding hydrogens is 222 g/mol. The van der Waals surface area contributed by atoms with E-state index in [0.717, 1.165) is 19.5 Å². The van der Waals surface area contributed by atoms with Crippen molar-refractivity contribution in [2.45, 2.75) is 38.5 Å². The number of rotatable bonds is 3. The number of hydrogen-bond acceptors (Lipinski definition) is 2. The summed E-state index contributed by atoms with van der Waals surface area (Å²) < 4.78 is 0. The quantitative estimate of drug-likeness (QED) is 0.885. The van der Waals surface area contributed by atoms with Crippen LogP contribution in [0.4, 0.5) is 5.69 Å². The maximum atomic E-state index is 9.02. The van der Waals surface area contributed by atoms with Gasteiger partial charge in [0, 0.05) is 25.4 Å². The van der Waals surface area contributed by atoms with Crippen molar-refractivity contribution in [2.24, 2.45) is 5.92 Å². The Bertz CT molecular complexity index is 416. The molecule has 1 unspecified atom stereocenters. The third-order valence-electron chi connectivity index (χ3n) is 4.52. The van der Waals surface area contributed by atoms with Crippen molar-refractivity contribution >= 4 is 5.69 Å². The van der Waals surface area contributed by atoms with E-state index in [2.05, 4.69) is 23.1 Å². The van der Waals surface area contributed by atoms with Gasteiger partial charge in [-0.05, 0) is 67.7 Å². The summed E-state index contributed by atoms with van der Waals surface area (Å²) in [5, 5.41) is 9.02. The summed E-state index contributed by atoms with van der Waals surface area (Å²) in [6, 6.07) is 7.05. The average molecular weight is 245 g/mol. The highest BCUT2D eigenvalue weighted by atomic mass is 16.3. The van der Waals surface area contributed by atoms with Crippen LogP contribution in [0.1, 0.15) is 36.8 Å². The van der Waals surface area contributed by atoms with Crippen LogP contribution >= 0.6 is 0 Å². The van der Waals surface area contributed by atoms with Gasteiger partial charge in [-0.15, -0.1) is 0 Å². The average Bonchev–Trinajstić information content (AvgIpc) is 2.87. The van der Waals surface area contributed by atoms with Crippen molar-refractivity contribution < 1.29 is 5.11 Å². The Morgan fingerprint density at radius 2 is 2.00 bits per heavy atom. The molecule has 1 heterocycles. The molecule has 1 aromatic rings. The van der Waals surface area contributed by atoms with E-state index in [1.807, 2.05) is 0 Å². The van der Waals surface area contributed by atoms with Crippen molar-refractivity contribution in [1.82, 2.24) is 0 Å². The molecule has 0 amide bonds. The van der Waals surface area contributed by atoms with Crippen molar-refractivity contribution in [2.75, 3.05) is 24.6 Å². The molecule has 0 bridgehead atoms. The Balaban J connectivity index is 1.73. The predicted molar refractivity (Wildman–Crippen MR) is 75.1 cm³/mol. The van der Waals surface area contributed by atoms with Crippen LogP contribution in [0, 0.1) is 5.92 Å². The van der Waals surface area contributed by atoms with Gasteiger partial charge in [0.2, 0.25) is 0 Å². The molecule has 1 N–H and O–H groups in total. The van der Waals surface area contributed by atoms with Crippen LogP contribution in [0.5, 0.6) is 0 Å². The predicted octanol–water partition coefficient (Wildman–Crippen LogP) is 2.77. The number of fused-ring (bicyclic) bond motifs is 1. The first-order valence-corrected chi connectivity index (χ1v) is 7.34. The van der Waals surface area contributed by atoms with Gasteiger partial charge in [0.05, 0.1) is 0 Å². The minimum Gasteiger partial charge on any atom is -0.396 e. The van der Waals surface area contributed by atoms with Crippen LogP contribution in [0.25, 0.3) is 0 Å². The molecule has 0 aromatic heterocycles. The molecule has 0 saturated carbocycles. The summed E-state index contributed by atoms with van der Waals surface area (Å²) in [4.78, 5) is 2.50. The van der Waals surface area contributed by atoms with E-state index < -0.39 is 0 Å². The zero-order valence-electron chi connectivity index (χ0n) is 11.1. The molecule has 1 atom stereocenters. The zero-order valence-corrected chi connectivity index (χ0v) is 11.1. The highest BCUT2D eigenvalue weighted by Crippen LogP contribution is 2.30. The van der Waals surface area contributed by atoms with E-state index in [1.54, 1.807) is 11.1 Å². The molecular formula is C16H23NO. The molecule has 1 saturated heterocycles. The highest BCUT2D eigenvalue weighted by Gasteiger charge is 2.22. The fourth-order valence-electron chi connectivity index (χ4n) is 3.40. The Hall–Kier alpha value is -1.02. The van der Waals surface area contributed by atoms with Crippen molar-refractivity contribution in [3.63, 3.8) is 0 Å². The van der Waals surface area contributed by atoms with Gasteiger partial charge in [0.25, 0.3) is 0 Å². The molecule has 1 fully saturated rings. The minimum absolute atomic E-state index is 0.336. The normalized spacial score (nSPS) is 23.2. The van der Waals surface area contributed by atoms with Gasteiger partial charge in [0.1, 0.15) is 0 Å². The topological polar surface area (TPSA) is 23.5 Å². The van der Waals surface area contributed by atoms with Crippen LogP contribution < -0.4 is 4.90 Å². The lowest BCUT2D eigenvalue weighted by Gasteiger charge is -2.22. The molecule has 1 aliphatic heterocycles. The van der Waals surface area contributed by atoms with Crippen LogP contribution in [0.3, 0.4) is 0 Å². The van der Waals surface area contributed by atoms with E-state index in [1.165, 1.54) is 37.8 Å². The van der Waals surface area contributed by atoms with Gasteiger partial charge >= 0.3 is 0 Å². The van der Waals surface area contributed by atoms with Crippen LogP contribution in [0.15, 0.2) is 18.2 Å². The Labute approximate surface area is 110 Å². The van der Waals surface area contributed by atoms with Crippen LogP contribution in [-0.2, 0) is 12.8 Å². The number of hydrogen-bond donors (Lipinski definition) is 1. The molecule has 2 nitrogen and oxygen atoms in total. The number of aryl methyl sites for hydroxylation is 2. The van der Waals surface area contributed by atoms with Crippen LogP contribution in [0.2, 0.25) is 0 Å². The zero-order chi connectivity index (χ0) is 12.4. The van der Waals surface area contributed by atoms with E-state index in [9.17, 15) is 0 Å². The minimum atomic E-state index is 0.336. The van der Waals surface area contributed by atoms with Gasteiger partial charge in [0.15, 0.2) is 0 Å². The van der Waals surface area contributed by atoms with E-state index in [-0.39, 0.29) is 0 Å². The third-order valence-corrected chi connectivity index (χ3v) is 4.52. The summed E-state index contributed by atoms with van der Waals surface area (Å²) in [6.45, 7) is 2.62. The van der Waals surface area contributed by atoms with E-state index in [4.69, 9.17) is 5.11 Å². The Kier molecular flexibility index (Phi) is 3.55. The van der Waals surface area contributed by atoms with Gasteiger partial charge in [-0.3, -0.25) is 0 Å². The summed E-state index contributed by atoms with van der Waals surface area (Å²) in [5.41, 5.74) is 4.54. The lowest BCUT2D eigenvalue weighted by molar-refractivity contribution is 0.263. The lowest BCUT2D eigenvalue weighted by atomic mass is 9.91. The first kappa shape index (κ1) is 12.0. The monoisotopic (exact) mass is 245 g/mol. The largest absolute Gasteiger partial charge is 0.396 e. The maximum absolute atomic E-state index is 9.02. The molecule has 18 heavy (non-hydrogen) atoms. The molecule has 0 radical (unpaired) electrons. The van der Waals surface area contributed by atoms with Crippen LogP contribution in [-0.4, -0.2) is 24.8 Å². The SMILES string of the molecule is OCCC1CCN(c2ccc3c(c2)CCCC3)C1. The standard InChI is InChI=1S/C16H23NO/c18-10-8-13-7-9-17(12-13)16-6-5-14-3-1-2-4-15(14)11-16/h5-6,11,13,18H,1-4,7-10,12H2. The molecule has 2 aliphatic rings. The second-order valence-corrected chi connectivity index (χ2v) is 5.77. The number of nitrogens with zero attached hydrogens (tertiary/aromatic N) is 1. The number of anilines is 1. The van der Waals surface area contributed by atoms with Gasteiger partial charge in [-0.25, -0.2) is 0 Å². The fraction of sp³-hybridized carbons (Fsp3) is 0.625. The van der Waals surface area contributed by atoms with E-state index in [0.29, 0.717) is 12.5 Å². The number of aliphatic hydroxyl groups is 1. The van der Waals surface area contributed by atoms with Crippen molar-refractivity contribution in [1.29, 1.82) is 0 Å². The second kappa shape index (κ2) is 5.31. The lowest BCUT2D eigenvalue weighted by Crippen LogP contribution is -2.20. The summed E-state index contributed by atoms with van der Waals surface area (Å²) >= 11 is 0. The molecule has 3 rings (SSSR count). The summed E-state index contributed by atoms with van der Waals surface area (Å²) in [5.74, 6) is 0.686. The van der Waals surface area contributed by atoms with Gasteiger partial charge in [-0.1, -0.05) is 6.07 Å². The number of benzene rings is 1. The van der Waals surface area contributed by atoms with Gasteiger partial charge < -0.3 is 10.0 Å². The molecule has 2 heteroatoms. The molecule has 1 aromatic carbocycles. The summed E-state index contributed by atoms with van der Waals surface area (Å²) in [7, 11) is 0. The smallest absolute Gasteiger partial charge is 0.0434 e. The molecule has 1 aliphatic carbocycles. The van der Waals surface area contributed by atoms with E-state index >= 15 is 0 Å². The maximum Gasteiger partial charge on any atom is 0.0434 e. The first-order chi connectivity index (χ1) is 8.86. The van der Waals surface area contributed by atoms with Gasteiger partial charge in [-0.2, -0.15) is 0 Å². The molecule has 0 spiro atoms. The fourth-order valence-corrected chi connectivity index (χ4v) is 3.40. The molecule has 98 valence electrons. The highest BCUT2D eigenvalue weighted by molar-refractivity contribution is 5.52. The first-order valence-electron chi connectivity index (χ1n) is 7.34. The summed E-state index contributed by atoms with van der Waals surface area (Å²) in [6.07, 6.45) is 7.43. The van der Waals surface area contributed by atoms with Crippen molar-refractivity contribution in [3.05, 3.63) is 29.3 Å². The Morgan fingerprint density at radius 3 is 2.83 bits per heavy atom. The Morgan fingerprint density at radius 1 is 1.17 bits per heavy atom.